The molecular formula is C13H17N5O3. The van der Waals surface area contributed by atoms with Crippen molar-refractivity contribution >= 4 is 11.8 Å². The van der Waals surface area contributed by atoms with E-state index in [0.29, 0.717) is 11.7 Å². The number of aromatic nitrogens is 3. The third-order valence-electron chi connectivity index (χ3n) is 2.80. The standard InChI is InChI=1S/C13H17N5O3/c1-3-18-6-4-5-10(18)13-16-12(21-17-13)8-15-11(20)7-14-9(2)19/h4-6H,3,7-8H2,1-2H3,(H,14,19)(H,15,20). The Hall–Kier alpha value is -2.64. The van der Waals surface area contributed by atoms with Gasteiger partial charge in [-0.15, -0.1) is 0 Å². The van der Waals surface area contributed by atoms with Crippen LogP contribution in [0.4, 0.5) is 0 Å². The molecule has 0 spiro atoms. The van der Waals surface area contributed by atoms with Crippen LogP contribution in [0.1, 0.15) is 19.7 Å². The molecule has 0 aliphatic heterocycles. The van der Waals surface area contributed by atoms with Crippen molar-refractivity contribution < 1.29 is 14.1 Å². The molecule has 8 heteroatoms. The van der Waals surface area contributed by atoms with Crippen molar-refractivity contribution in [2.45, 2.75) is 26.9 Å². The van der Waals surface area contributed by atoms with E-state index in [4.69, 9.17) is 4.52 Å². The lowest BCUT2D eigenvalue weighted by Gasteiger charge is -2.02. The molecular weight excluding hydrogens is 274 g/mol. The number of hydrogen-bond acceptors (Lipinski definition) is 5. The van der Waals surface area contributed by atoms with E-state index < -0.39 is 0 Å². The molecule has 0 saturated carbocycles. The van der Waals surface area contributed by atoms with Gasteiger partial charge in [0.25, 0.3) is 0 Å². The Balaban J connectivity index is 1.92. The highest BCUT2D eigenvalue weighted by atomic mass is 16.5. The van der Waals surface area contributed by atoms with Crippen molar-refractivity contribution in [2.75, 3.05) is 6.54 Å². The Labute approximate surface area is 121 Å². The number of aryl methyl sites for hydroxylation is 1. The number of nitrogens with zero attached hydrogens (tertiary/aromatic N) is 3. The highest BCUT2D eigenvalue weighted by Gasteiger charge is 2.12. The Bertz CT molecular complexity index is 631. The van der Waals surface area contributed by atoms with Crippen molar-refractivity contribution in [3.05, 3.63) is 24.2 Å². The molecule has 2 aromatic heterocycles. The van der Waals surface area contributed by atoms with Crippen LogP contribution in [0.3, 0.4) is 0 Å². The second-order valence-corrected chi connectivity index (χ2v) is 4.38. The maximum atomic E-state index is 11.4. The van der Waals surface area contributed by atoms with Crippen molar-refractivity contribution in [1.29, 1.82) is 0 Å². The molecule has 0 radical (unpaired) electrons. The van der Waals surface area contributed by atoms with Crippen LogP contribution in [0.25, 0.3) is 11.5 Å². The van der Waals surface area contributed by atoms with Crippen LogP contribution in [-0.4, -0.2) is 33.1 Å². The molecule has 0 atom stereocenters. The number of carbonyl (C=O) groups excluding carboxylic acids is 2. The van der Waals surface area contributed by atoms with E-state index in [-0.39, 0.29) is 24.9 Å². The van der Waals surface area contributed by atoms with Crippen molar-refractivity contribution in [1.82, 2.24) is 25.3 Å². The van der Waals surface area contributed by atoms with Crippen LogP contribution < -0.4 is 10.6 Å². The highest BCUT2D eigenvalue weighted by molar-refractivity contribution is 5.83. The van der Waals surface area contributed by atoms with Crippen molar-refractivity contribution in [2.24, 2.45) is 0 Å². The zero-order valence-electron chi connectivity index (χ0n) is 11.9. The van der Waals surface area contributed by atoms with Crippen LogP contribution in [0.15, 0.2) is 22.9 Å². The summed E-state index contributed by atoms with van der Waals surface area (Å²) in [5, 5.41) is 8.88. The summed E-state index contributed by atoms with van der Waals surface area (Å²) in [6, 6.07) is 3.80. The van der Waals surface area contributed by atoms with E-state index in [9.17, 15) is 9.59 Å². The van der Waals surface area contributed by atoms with Crippen molar-refractivity contribution in [3.63, 3.8) is 0 Å². The minimum Gasteiger partial charge on any atom is -0.347 e. The largest absolute Gasteiger partial charge is 0.347 e. The van der Waals surface area contributed by atoms with Gasteiger partial charge >= 0.3 is 0 Å². The predicted octanol–water partition coefficient (Wildman–Crippen LogP) is 0.310. The monoisotopic (exact) mass is 291 g/mol. The van der Waals surface area contributed by atoms with Crippen LogP contribution in [0, 0.1) is 0 Å². The third kappa shape index (κ3) is 3.91. The van der Waals surface area contributed by atoms with E-state index >= 15 is 0 Å². The predicted molar refractivity (Wildman–Crippen MR) is 73.9 cm³/mol. The fourth-order valence-electron chi connectivity index (χ4n) is 1.76. The topological polar surface area (TPSA) is 102 Å². The molecule has 0 fully saturated rings. The first kappa shape index (κ1) is 14.8. The van der Waals surface area contributed by atoms with Gasteiger partial charge in [-0.3, -0.25) is 9.59 Å². The summed E-state index contributed by atoms with van der Waals surface area (Å²) < 4.78 is 7.08. The van der Waals surface area contributed by atoms with Gasteiger partial charge in [-0.2, -0.15) is 4.98 Å². The third-order valence-corrected chi connectivity index (χ3v) is 2.80. The lowest BCUT2D eigenvalue weighted by atomic mass is 10.4. The van der Waals surface area contributed by atoms with Gasteiger partial charge in [0.15, 0.2) is 0 Å². The average Bonchev–Trinajstić information content (AvgIpc) is 3.10. The second kappa shape index (κ2) is 6.69. The quantitative estimate of drug-likeness (QED) is 0.797. The smallest absolute Gasteiger partial charge is 0.246 e. The van der Waals surface area contributed by atoms with Gasteiger partial charge in [0, 0.05) is 19.7 Å². The number of carbonyl (C=O) groups is 2. The summed E-state index contributed by atoms with van der Waals surface area (Å²) in [5.74, 6) is 0.213. The molecule has 8 nitrogen and oxygen atoms in total. The van der Waals surface area contributed by atoms with Gasteiger partial charge < -0.3 is 19.7 Å². The summed E-state index contributed by atoms with van der Waals surface area (Å²) >= 11 is 0. The second-order valence-electron chi connectivity index (χ2n) is 4.38. The Morgan fingerprint density at radius 1 is 1.38 bits per heavy atom. The summed E-state index contributed by atoms with van der Waals surface area (Å²) in [6.07, 6.45) is 1.93. The normalized spacial score (nSPS) is 10.4. The summed E-state index contributed by atoms with van der Waals surface area (Å²) in [4.78, 5) is 26.3. The molecule has 2 amide bonds. The SMILES string of the molecule is CCn1cccc1-c1noc(CNC(=O)CNC(C)=O)n1. The first-order chi connectivity index (χ1) is 10.1. The molecule has 2 N–H and O–H groups in total. The van der Waals surface area contributed by atoms with E-state index in [1.807, 2.05) is 29.8 Å². The number of hydrogen-bond donors (Lipinski definition) is 2. The first-order valence-electron chi connectivity index (χ1n) is 6.59. The Morgan fingerprint density at radius 3 is 2.90 bits per heavy atom. The molecule has 0 saturated heterocycles. The molecule has 0 bridgehead atoms. The Kier molecular flexibility index (Phi) is 4.70. The minimum absolute atomic E-state index is 0.0744. The van der Waals surface area contributed by atoms with Crippen LogP contribution in [0.2, 0.25) is 0 Å². The molecule has 0 aromatic carbocycles. The molecule has 2 aromatic rings. The summed E-state index contributed by atoms with van der Waals surface area (Å²) in [7, 11) is 0. The highest BCUT2D eigenvalue weighted by Crippen LogP contribution is 2.16. The molecule has 0 aliphatic carbocycles. The van der Waals surface area contributed by atoms with Gasteiger partial charge in [0.1, 0.15) is 0 Å². The van der Waals surface area contributed by atoms with Crippen molar-refractivity contribution in [3.8, 4) is 11.5 Å². The van der Waals surface area contributed by atoms with Crippen LogP contribution in [0.5, 0.6) is 0 Å². The number of amides is 2. The molecule has 2 rings (SSSR count). The lowest BCUT2D eigenvalue weighted by Crippen LogP contribution is -2.35. The zero-order chi connectivity index (χ0) is 15.2. The lowest BCUT2D eigenvalue weighted by molar-refractivity contribution is -0.125. The van der Waals surface area contributed by atoms with Gasteiger partial charge in [-0.05, 0) is 19.1 Å². The van der Waals surface area contributed by atoms with Gasteiger partial charge in [-0.25, -0.2) is 0 Å². The fraction of sp³-hybridized carbons (Fsp3) is 0.385. The van der Waals surface area contributed by atoms with Gasteiger partial charge in [0.05, 0.1) is 18.8 Å². The van der Waals surface area contributed by atoms with Crippen LogP contribution in [-0.2, 0) is 22.7 Å². The number of rotatable bonds is 6. The molecule has 0 aliphatic rings. The maximum absolute atomic E-state index is 11.4. The van der Waals surface area contributed by atoms with E-state index in [1.54, 1.807) is 0 Å². The van der Waals surface area contributed by atoms with E-state index in [1.165, 1.54) is 6.92 Å². The first-order valence-corrected chi connectivity index (χ1v) is 6.59. The minimum atomic E-state index is -0.318. The maximum Gasteiger partial charge on any atom is 0.246 e. The zero-order valence-corrected chi connectivity index (χ0v) is 11.9. The Morgan fingerprint density at radius 2 is 2.19 bits per heavy atom. The van der Waals surface area contributed by atoms with E-state index in [0.717, 1.165) is 12.2 Å². The molecule has 112 valence electrons. The summed E-state index contributed by atoms with van der Waals surface area (Å²) in [5.41, 5.74) is 0.858. The van der Waals surface area contributed by atoms with Gasteiger partial charge in [0.2, 0.25) is 23.5 Å². The molecule has 21 heavy (non-hydrogen) atoms. The van der Waals surface area contributed by atoms with Gasteiger partial charge in [-0.1, -0.05) is 5.16 Å². The number of nitrogens with one attached hydrogen (secondary N) is 2. The van der Waals surface area contributed by atoms with E-state index in [2.05, 4.69) is 20.8 Å². The molecule has 0 unspecified atom stereocenters. The fourth-order valence-corrected chi connectivity index (χ4v) is 1.76. The summed E-state index contributed by atoms with van der Waals surface area (Å²) in [6.45, 7) is 4.22. The molecule has 2 heterocycles. The average molecular weight is 291 g/mol. The van der Waals surface area contributed by atoms with Crippen LogP contribution >= 0.6 is 0 Å².